The summed E-state index contributed by atoms with van der Waals surface area (Å²) in [5.41, 5.74) is 5.65. The van der Waals surface area contributed by atoms with Gasteiger partial charge in [-0.1, -0.05) is 12.8 Å². The van der Waals surface area contributed by atoms with Gasteiger partial charge in [-0.2, -0.15) is 0 Å². The second kappa shape index (κ2) is 17.7. The van der Waals surface area contributed by atoms with Gasteiger partial charge in [0.05, 0.1) is 0 Å². The van der Waals surface area contributed by atoms with E-state index in [-0.39, 0.29) is 12.0 Å². The topological polar surface area (TPSA) is 94.8 Å². The molecule has 0 aromatic heterocycles. The van der Waals surface area contributed by atoms with Crippen LogP contribution in [0.5, 0.6) is 0 Å². The summed E-state index contributed by atoms with van der Waals surface area (Å²) in [6.45, 7) is 4.22. The van der Waals surface area contributed by atoms with Gasteiger partial charge in [0.15, 0.2) is 0 Å². The van der Waals surface area contributed by atoms with E-state index in [0.29, 0.717) is 19.0 Å². The Labute approximate surface area is 167 Å². The summed E-state index contributed by atoms with van der Waals surface area (Å²) in [6.07, 6.45) is 8.77. The highest BCUT2D eigenvalue weighted by atomic mass is 28.4. The minimum Gasteiger partial charge on any atom is -0.377 e. The molecule has 0 spiro atoms. The van der Waals surface area contributed by atoms with E-state index in [1.54, 1.807) is 21.1 Å². The van der Waals surface area contributed by atoms with Crippen molar-refractivity contribution in [3.63, 3.8) is 0 Å². The fraction of sp³-hybridized carbons (Fsp3) is 0.947. The van der Waals surface area contributed by atoms with Crippen LogP contribution in [0.2, 0.25) is 6.04 Å². The van der Waals surface area contributed by atoms with Gasteiger partial charge in [0.1, 0.15) is 12.0 Å². The van der Waals surface area contributed by atoms with Crippen LogP contribution in [0.3, 0.4) is 0 Å². The Kier molecular flexibility index (Phi) is 17.5. The van der Waals surface area contributed by atoms with Crippen LogP contribution < -0.4 is 16.4 Å². The molecule has 0 saturated heterocycles. The number of nitrogens with one attached hydrogen (secondary N) is 2. The van der Waals surface area contributed by atoms with Gasteiger partial charge in [-0.15, -0.1) is 0 Å². The Morgan fingerprint density at radius 2 is 1.67 bits per heavy atom. The summed E-state index contributed by atoms with van der Waals surface area (Å²) in [4.78, 5) is 11.2. The number of carbonyl (C=O) groups excluding carboxylic acids is 1. The van der Waals surface area contributed by atoms with Crippen LogP contribution >= 0.6 is 0 Å². The first-order valence-electron chi connectivity index (χ1n) is 10.4. The van der Waals surface area contributed by atoms with Crippen molar-refractivity contribution in [2.45, 2.75) is 77.0 Å². The van der Waals surface area contributed by atoms with E-state index in [9.17, 15) is 4.79 Å². The number of ketones is 1. The van der Waals surface area contributed by atoms with Crippen molar-refractivity contribution < 1.29 is 18.1 Å². The van der Waals surface area contributed by atoms with Gasteiger partial charge in [0.25, 0.3) is 0 Å². The molecule has 27 heavy (non-hydrogen) atoms. The first-order valence-corrected chi connectivity index (χ1v) is 12.3. The van der Waals surface area contributed by atoms with E-state index >= 15 is 0 Å². The molecule has 1 unspecified atom stereocenters. The first-order chi connectivity index (χ1) is 13.0. The van der Waals surface area contributed by atoms with Crippen LogP contribution in [-0.4, -0.2) is 61.7 Å². The van der Waals surface area contributed by atoms with Crippen LogP contribution in [0.15, 0.2) is 0 Å². The number of hydrogen-bond acceptors (Lipinski definition) is 7. The normalized spacial score (nSPS) is 13.1. The van der Waals surface area contributed by atoms with Crippen molar-refractivity contribution in [3.8, 4) is 0 Å². The summed E-state index contributed by atoms with van der Waals surface area (Å²) in [5.74, 6) is 0.238. The fourth-order valence-electron chi connectivity index (χ4n) is 2.93. The lowest BCUT2D eigenvalue weighted by atomic mass is 10.1. The molecule has 0 heterocycles. The lowest BCUT2D eigenvalue weighted by Crippen LogP contribution is -2.50. The molecule has 0 bridgehead atoms. The van der Waals surface area contributed by atoms with Crippen LogP contribution in [0.25, 0.3) is 0 Å². The van der Waals surface area contributed by atoms with Gasteiger partial charge in [-0.25, -0.2) is 0 Å². The molecular formula is C19H43N3O4Si. The highest BCUT2D eigenvalue weighted by Crippen LogP contribution is 2.20. The minimum atomic E-state index is -2.71. The molecule has 7 nitrogen and oxygen atoms in total. The SMILES string of the molecule is CNCCCCCCNC(CCCCC(C)=O)O[Si](CCCN)(OC)OC. The molecule has 1 atom stereocenters. The third-order valence-electron chi connectivity index (χ3n) is 4.60. The lowest BCUT2D eigenvalue weighted by Gasteiger charge is -2.31. The van der Waals surface area contributed by atoms with Crippen LogP contribution in [0.1, 0.15) is 64.7 Å². The van der Waals surface area contributed by atoms with E-state index in [1.165, 1.54) is 19.3 Å². The molecule has 0 aliphatic rings. The molecule has 0 rings (SSSR count). The number of unbranched alkanes of at least 4 members (excludes halogenated alkanes) is 4. The molecule has 4 N–H and O–H groups in total. The van der Waals surface area contributed by atoms with Crippen molar-refractivity contribution in [1.29, 1.82) is 0 Å². The second-order valence-corrected chi connectivity index (χ2v) is 9.93. The summed E-state index contributed by atoms with van der Waals surface area (Å²) in [6, 6.07) is 0.714. The Balaban J connectivity index is 4.49. The number of nitrogens with two attached hydrogens (primary N) is 1. The predicted octanol–water partition coefficient (Wildman–Crippen LogP) is 2.43. The van der Waals surface area contributed by atoms with Gasteiger partial charge in [-0.3, -0.25) is 5.32 Å². The molecule has 8 heteroatoms. The van der Waals surface area contributed by atoms with Crippen molar-refractivity contribution in [3.05, 3.63) is 0 Å². The third-order valence-corrected chi connectivity index (χ3v) is 7.46. The minimum absolute atomic E-state index is 0.112. The van der Waals surface area contributed by atoms with Crippen LogP contribution in [0, 0.1) is 0 Å². The summed E-state index contributed by atoms with van der Waals surface area (Å²) in [7, 11) is 2.58. The Morgan fingerprint density at radius 1 is 1.00 bits per heavy atom. The van der Waals surface area contributed by atoms with Crippen LogP contribution in [-0.2, 0) is 18.1 Å². The van der Waals surface area contributed by atoms with Crippen LogP contribution in [0.4, 0.5) is 0 Å². The average molecular weight is 406 g/mol. The van der Waals surface area contributed by atoms with Crippen molar-refractivity contribution in [2.24, 2.45) is 5.73 Å². The Bertz CT molecular complexity index is 358. The van der Waals surface area contributed by atoms with Crippen molar-refractivity contribution in [2.75, 3.05) is 40.9 Å². The van der Waals surface area contributed by atoms with E-state index in [1.807, 2.05) is 7.05 Å². The van der Waals surface area contributed by atoms with E-state index in [4.69, 9.17) is 19.0 Å². The number of carbonyl (C=O) groups is 1. The van der Waals surface area contributed by atoms with Gasteiger partial charge in [-0.05, 0) is 72.1 Å². The second-order valence-electron chi connectivity index (χ2n) is 7.01. The molecule has 0 amide bonds. The van der Waals surface area contributed by atoms with E-state index < -0.39 is 8.80 Å². The van der Waals surface area contributed by atoms with Gasteiger partial charge < -0.3 is 29.1 Å². The predicted molar refractivity (Wildman–Crippen MR) is 113 cm³/mol. The average Bonchev–Trinajstić information content (AvgIpc) is 2.67. The zero-order chi connectivity index (χ0) is 20.4. The molecular weight excluding hydrogens is 362 g/mol. The summed E-state index contributed by atoms with van der Waals surface area (Å²) < 4.78 is 17.7. The monoisotopic (exact) mass is 405 g/mol. The molecule has 162 valence electrons. The maximum Gasteiger partial charge on any atom is 0.501 e. The molecule has 0 aliphatic carbocycles. The van der Waals surface area contributed by atoms with E-state index in [2.05, 4.69) is 10.6 Å². The molecule has 0 radical (unpaired) electrons. The smallest absolute Gasteiger partial charge is 0.377 e. The fourth-order valence-corrected chi connectivity index (χ4v) is 5.08. The molecule has 0 aromatic carbocycles. The zero-order valence-electron chi connectivity index (χ0n) is 18.0. The third kappa shape index (κ3) is 14.3. The summed E-state index contributed by atoms with van der Waals surface area (Å²) in [5, 5.41) is 6.70. The lowest BCUT2D eigenvalue weighted by molar-refractivity contribution is -0.117. The molecule has 0 aliphatic heterocycles. The standard InChI is InChI=1S/C19H43N3O4Si/c1-18(23)12-7-8-13-19(22-16-10-6-5-9-15-21-2)26-27(24-3,25-4)17-11-14-20/h19,21-22H,5-17,20H2,1-4H3. The highest BCUT2D eigenvalue weighted by molar-refractivity contribution is 6.60. The first kappa shape index (κ1) is 26.6. The number of Topliss-reactive ketones (excluding diaryl/α,β-unsaturated/α-hetero) is 1. The number of rotatable bonds is 20. The Morgan fingerprint density at radius 3 is 2.22 bits per heavy atom. The van der Waals surface area contributed by atoms with Crippen molar-refractivity contribution in [1.82, 2.24) is 10.6 Å². The Hall–Kier alpha value is -0.353. The number of hydrogen-bond donors (Lipinski definition) is 3. The molecule has 0 aromatic rings. The van der Waals surface area contributed by atoms with Gasteiger partial charge >= 0.3 is 8.80 Å². The van der Waals surface area contributed by atoms with Gasteiger partial charge in [0.2, 0.25) is 0 Å². The summed E-state index contributed by atoms with van der Waals surface area (Å²) >= 11 is 0. The van der Waals surface area contributed by atoms with Gasteiger partial charge in [0, 0.05) is 26.7 Å². The maximum atomic E-state index is 11.2. The quantitative estimate of drug-likeness (QED) is 0.163. The molecule has 0 fully saturated rings. The highest BCUT2D eigenvalue weighted by Gasteiger charge is 2.40. The maximum absolute atomic E-state index is 11.2. The van der Waals surface area contributed by atoms with Crippen molar-refractivity contribution >= 4 is 14.6 Å². The van der Waals surface area contributed by atoms with E-state index in [0.717, 1.165) is 45.2 Å². The zero-order valence-corrected chi connectivity index (χ0v) is 19.0. The molecule has 0 saturated carbocycles. The largest absolute Gasteiger partial charge is 0.501 e.